The largest absolute Gasteiger partial charge is 0.496 e. The van der Waals surface area contributed by atoms with Gasteiger partial charge in [0.1, 0.15) is 30.4 Å². The zero-order chi connectivity index (χ0) is 20.9. The molecule has 2 aromatic carbocycles. The van der Waals surface area contributed by atoms with Crippen molar-refractivity contribution in [2.75, 3.05) is 13.7 Å². The summed E-state index contributed by atoms with van der Waals surface area (Å²) in [6, 6.07) is 22.1. The van der Waals surface area contributed by atoms with Crippen molar-refractivity contribution >= 4 is 0 Å². The van der Waals surface area contributed by atoms with Crippen molar-refractivity contribution in [3.8, 4) is 17.2 Å². The Morgan fingerprint density at radius 1 is 0.633 bits per heavy atom. The fourth-order valence-corrected chi connectivity index (χ4v) is 3.22. The summed E-state index contributed by atoms with van der Waals surface area (Å²) in [6.45, 7) is 2.40. The molecule has 0 aliphatic carbocycles. The van der Waals surface area contributed by atoms with Gasteiger partial charge in [-0.25, -0.2) is 4.57 Å². The molecule has 0 unspecified atom stereocenters. The van der Waals surface area contributed by atoms with Crippen LogP contribution in [0.25, 0.3) is 0 Å². The van der Waals surface area contributed by atoms with Gasteiger partial charge in [-0.2, -0.15) is 0 Å². The number of methoxy groups -OCH3 is 1. The summed E-state index contributed by atoms with van der Waals surface area (Å²) in [5.74, 6) is 2.67. The number of rotatable bonds is 13. The molecule has 0 spiro atoms. The number of pyridine rings is 1. The summed E-state index contributed by atoms with van der Waals surface area (Å²) in [7, 11) is 1.69. The Labute approximate surface area is 180 Å². The molecule has 3 aromatic rings. The first-order valence-electron chi connectivity index (χ1n) is 10.8. The van der Waals surface area contributed by atoms with Crippen molar-refractivity contribution in [2.45, 2.75) is 45.3 Å². The lowest BCUT2D eigenvalue weighted by molar-refractivity contribution is -0.697. The van der Waals surface area contributed by atoms with E-state index in [1.807, 2.05) is 54.6 Å². The molecule has 1 heterocycles. The predicted octanol–water partition coefficient (Wildman–Crippen LogP) is 5.59. The lowest BCUT2D eigenvalue weighted by Crippen LogP contribution is -2.32. The van der Waals surface area contributed by atoms with Gasteiger partial charge in [-0.15, -0.1) is 0 Å². The quantitative estimate of drug-likeness (QED) is 0.274. The van der Waals surface area contributed by atoms with Crippen molar-refractivity contribution in [1.29, 1.82) is 0 Å². The molecule has 30 heavy (non-hydrogen) atoms. The first kappa shape index (κ1) is 21.7. The van der Waals surface area contributed by atoms with Crippen LogP contribution in [0, 0.1) is 0 Å². The van der Waals surface area contributed by atoms with Crippen LogP contribution in [0.1, 0.15) is 37.7 Å². The van der Waals surface area contributed by atoms with Gasteiger partial charge in [0.25, 0.3) is 0 Å². The molecule has 0 aliphatic rings. The number of benzene rings is 2. The Morgan fingerprint density at radius 2 is 1.27 bits per heavy atom. The summed E-state index contributed by atoms with van der Waals surface area (Å²) in [5.41, 5.74) is 1.17. The van der Waals surface area contributed by atoms with Crippen LogP contribution in [0.15, 0.2) is 79.1 Å². The Morgan fingerprint density at radius 3 is 1.97 bits per heavy atom. The Balaban J connectivity index is 1.22. The lowest BCUT2D eigenvalue weighted by atomic mass is 10.1. The topological polar surface area (TPSA) is 31.6 Å². The van der Waals surface area contributed by atoms with Crippen LogP contribution in [0.4, 0.5) is 0 Å². The van der Waals surface area contributed by atoms with E-state index in [0.29, 0.717) is 6.61 Å². The SMILES string of the molecule is COc1cc[n+](CCCCCCCOc2ccc(OCc3ccccc3)cc2)cc1. The maximum Gasteiger partial charge on any atom is 0.172 e. The molecule has 0 bridgehead atoms. The summed E-state index contributed by atoms with van der Waals surface area (Å²) in [5, 5.41) is 0. The third kappa shape index (κ3) is 7.78. The second-order valence-corrected chi connectivity index (χ2v) is 7.34. The van der Waals surface area contributed by atoms with Gasteiger partial charge >= 0.3 is 0 Å². The van der Waals surface area contributed by atoms with Crippen LogP contribution in [-0.4, -0.2) is 13.7 Å². The van der Waals surface area contributed by atoms with Crippen LogP contribution < -0.4 is 18.8 Å². The highest BCUT2D eigenvalue weighted by atomic mass is 16.5. The molecule has 1 aromatic heterocycles. The van der Waals surface area contributed by atoms with Gasteiger partial charge in [-0.1, -0.05) is 43.2 Å². The number of aromatic nitrogens is 1. The first-order chi connectivity index (χ1) is 14.8. The highest BCUT2D eigenvalue weighted by Gasteiger charge is 2.01. The van der Waals surface area contributed by atoms with E-state index in [9.17, 15) is 0 Å². The fourth-order valence-electron chi connectivity index (χ4n) is 3.22. The van der Waals surface area contributed by atoms with Crippen molar-refractivity contribution in [2.24, 2.45) is 0 Å². The van der Waals surface area contributed by atoms with Gasteiger partial charge in [0.05, 0.1) is 13.7 Å². The third-order valence-corrected chi connectivity index (χ3v) is 5.00. The average Bonchev–Trinajstić information content (AvgIpc) is 2.81. The molecular weight excluding hydrogens is 374 g/mol. The van der Waals surface area contributed by atoms with E-state index in [1.165, 1.54) is 31.2 Å². The Kier molecular flexibility index (Phi) is 9.06. The maximum atomic E-state index is 5.85. The number of nitrogens with zero attached hydrogens (tertiary/aromatic N) is 1. The molecular formula is C26H32NO3+. The Bertz CT molecular complexity index is 832. The summed E-state index contributed by atoms with van der Waals surface area (Å²) >= 11 is 0. The smallest absolute Gasteiger partial charge is 0.172 e. The maximum absolute atomic E-state index is 5.85. The van der Waals surface area contributed by atoms with E-state index < -0.39 is 0 Å². The normalized spacial score (nSPS) is 10.6. The molecule has 0 amide bonds. The van der Waals surface area contributed by atoms with E-state index in [2.05, 4.69) is 29.1 Å². The minimum Gasteiger partial charge on any atom is -0.496 e. The monoisotopic (exact) mass is 406 g/mol. The van der Waals surface area contributed by atoms with E-state index >= 15 is 0 Å². The molecule has 3 rings (SSSR count). The van der Waals surface area contributed by atoms with Crippen LogP contribution >= 0.6 is 0 Å². The molecule has 4 nitrogen and oxygen atoms in total. The van der Waals surface area contributed by atoms with Crippen LogP contribution in [0.2, 0.25) is 0 Å². The van der Waals surface area contributed by atoms with Crippen molar-refractivity contribution in [3.63, 3.8) is 0 Å². The summed E-state index contributed by atoms with van der Waals surface area (Å²) in [6.07, 6.45) is 10.1. The van der Waals surface area contributed by atoms with Crippen molar-refractivity contribution in [3.05, 3.63) is 84.7 Å². The minimum atomic E-state index is 0.581. The zero-order valence-electron chi connectivity index (χ0n) is 17.8. The third-order valence-electron chi connectivity index (χ3n) is 5.00. The molecule has 0 N–H and O–H groups in total. The van der Waals surface area contributed by atoms with E-state index in [-0.39, 0.29) is 0 Å². The fraction of sp³-hybridized carbons (Fsp3) is 0.346. The molecule has 0 saturated heterocycles. The first-order valence-corrected chi connectivity index (χ1v) is 10.8. The lowest BCUT2D eigenvalue weighted by Gasteiger charge is -2.09. The van der Waals surface area contributed by atoms with Gasteiger partial charge in [0, 0.05) is 18.6 Å². The molecule has 0 aliphatic heterocycles. The molecule has 0 radical (unpaired) electrons. The number of ether oxygens (including phenoxy) is 3. The van der Waals surface area contributed by atoms with Crippen LogP contribution in [-0.2, 0) is 13.2 Å². The number of aryl methyl sites for hydroxylation is 1. The van der Waals surface area contributed by atoms with Gasteiger partial charge in [-0.05, 0) is 42.7 Å². The van der Waals surface area contributed by atoms with Crippen molar-refractivity contribution < 1.29 is 18.8 Å². The average molecular weight is 407 g/mol. The molecule has 4 heteroatoms. The zero-order valence-corrected chi connectivity index (χ0v) is 17.8. The summed E-state index contributed by atoms with van der Waals surface area (Å²) in [4.78, 5) is 0. The highest BCUT2D eigenvalue weighted by molar-refractivity contribution is 5.31. The van der Waals surface area contributed by atoms with Gasteiger partial charge in [-0.3, -0.25) is 0 Å². The standard InChI is InChI=1S/C26H32NO3/c1-28-24-16-19-27(20-17-24)18-8-3-2-4-9-21-29-25-12-14-26(15-13-25)30-22-23-10-6-5-7-11-23/h5-7,10-17,19-20H,2-4,8-9,18,21-22H2,1H3/q+1. The predicted molar refractivity (Wildman–Crippen MR) is 119 cm³/mol. The second kappa shape index (κ2) is 12.5. The van der Waals surface area contributed by atoms with Crippen molar-refractivity contribution in [1.82, 2.24) is 0 Å². The molecule has 158 valence electrons. The van der Waals surface area contributed by atoms with Gasteiger partial charge in [0.2, 0.25) is 0 Å². The molecule has 0 saturated carbocycles. The summed E-state index contributed by atoms with van der Waals surface area (Å²) < 4.78 is 19.0. The minimum absolute atomic E-state index is 0.581. The highest BCUT2D eigenvalue weighted by Crippen LogP contribution is 2.19. The van der Waals surface area contributed by atoms with Crippen LogP contribution in [0.5, 0.6) is 17.2 Å². The number of hydrogen-bond acceptors (Lipinski definition) is 3. The van der Waals surface area contributed by atoms with E-state index in [1.54, 1.807) is 7.11 Å². The molecule has 0 fully saturated rings. The number of unbranched alkanes of at least 4 members (excludes halogenated alkanes) is 4. The second-order valence-electron chi connectivity index (χ2n) is 7.34. The van der Waals surface area contributed by atoms with E-state index in [0.717, 1.165) is 36.8 Å². The Hall–Kier alpha value is -3.01. The van der Waals surface area contributed by atoms with Gasteiger partial charge in [0.15, 0.2) is 12.4 Å². The number of hydrogen-bond donors (Lipinski definition) is 0. The molecule has 0 atom stereocenters. The van der Waals surface area contributed by atoms with Crippen LogP contribution in [0.3, 0.4) is 0 Å². The van der Waals surface area contributed by atoms with Gasteiger partial charge < -0.3 is 14.2 Å². The van der Waals surface area contributed by atoms with E-state index in [4.69, 9.17) is 14.2 Å².